The standard InChI is InChI=1S/C20H19ClN6O3S2/c1-2-30-18(28)15-13(23-19(29)24-16(15)11-5-7-12(21)8-6-11)10-32-20-26-25-17(27(20)22)14-4-3-9-31-14/h3-9,16H,2,10,22H2,1H3,(H2,23,24,29). The van der Waals surface area contributed by atoms with Crippen molar-refractivity contribution in [3.8, 4) is 10.7 Å². The van der Waals surface area contributed by atoms with Crippen molar-refractivity contribution in [1.82, 2.24) is 25.5 Å². The molecule has 166 valence electrons. The molecule has 3 aromatic rings. The van der Waals surface area contributed by atoms with Gasteiger partial charge in [0, 0.05) is 16.5 Å². The molecule has 1 aliphatic rings. The molecule has 2 aromatic heterocycles. The van der Waals surface area contributed by atoms with Crippen LogP contribution < -0.4 is 16.5 Å². The number of amides is 2. The first-order chi connectivity index (χ1) is 15.5. The summed E-state index contributed by atoms with van der Waals surface area (Å²) in [6.45, 7) is 1.92. The second kappa shape index (κ2) is 9.63. The maximum Gasteiger partial charge on any atom is 0.338 e. The molecule has 0 spiro atoms. The average Bonchev–Trinajstić information content (AvgIpc) is 3.42. The lowest BCUT2D eigenvalue weighted by Crippen LogP contribution is -2.46. The molecule has 32 heavy (non-hydrogen) atoms. The van der Waals surface area contributed by atoms with Crippen molar-refractivity contribution in [2.45, 2.75) is 18.1 Å². The summed E-state index contributed by atoms with van der Waals surface area (Å²) in [4.78, 5) is 26.1. The van der Waals surface area contributed by atoms with E-state index in [1.807, 2.05) is 17.5 Å². The number of benzene rings is 1. The number of ether oxygens (including phenoxy) is 1. The smallest absolute Gasteiger partial charge is 0.338 e. The van der Waals surface area contributed by atoms with Gasteiger partial charge < -0.3 is 21.2 Å². The van der Waals surface area contributed by atoms with Crippen LogP contribution >= 0.6 is 34.7 Å². The predicted octanol–water partition coefficient (Wildman–Crippen LogP) is 3.34. The summed E-state index contributed by atoms with van der Waals surface area (Å²) in [6.07, 6.45) is 0. The Morgan fingerprint density at radius 2 is 2.09 bits per heavy atom. The molecule has 1 aromatic carbocycles. The SMILES string of the molecule is CCOC(=O)C1=C(CSc2nnc(-c3cccs3)n2N)NC(=O)NC1c1ccc(Cl)cc1. The Morgan fingerprint density at radius 3 is 2.78 bits per heavy atom. The first-order valence-electron chi connectivity index (χ1n) is 9.58. The molecule has 4 N–H and O–H groups in total. The van der Waals surface area contributed by atoms with Crippen LogP contribution in [0.2, 0.25) is 5.02 Å². The van der Waals surface area contributed by atoms with Gasteiger partial charge in [-0.25, -0.2) is 14.3 Å². The van der Waals surface area contributed by atoms with E-state index in [0.29, 0.717) is 32.8 Å². The Hall–Kier alpha value is -3.02. The van der Waals surface area contributed by atoms with Gasteiger partial charge in [0.25, 0.3) is 0 Å². The number of esters is 1. The van der Waals surface area contributed by atoms with Crippen molar-refractivity contribution in [2.75, 3.05) is 18.2 Å². The first kappa shape index (κ1) is 22.2. The van der Waals surface area contributed by atoms with Crippen molar-refractivity contribution in [3.63, 3.8) is 0 Å². The number of urea groups is 1. The molecule has 2 amide bonds. The molecule has 4 rings (SSSR count). The summed E-state index contributed by atoms with van der Waals surface area (Å²) in [7, 11) is 0. The van der Waals surface area contributed by atoms with E-state index in [1.165, 1.54) is 27.8 Å². The van der Waals surface area contributed by atoms with Gasteiger partial charge in [-0.15, -0.1) is 21.5 Å². The van der Waals surface area contributed by atoms with Gasteiger partial charge in [-0.2, -0.15) is 0 Å². The Morgan fingerprint density at radius 1 is 1.31 bits per heavy atom. The van der Waals surface area contributed by atoms with Crippen molar-refractivity contribution in [2.24, 2.45) is 0 Å². The minimum Gasteiger partial charge on any atom is -0.463 e. The second-order valence-electron chi connectivity index (χ2n) is 6.64. The monoisotopic (exact) mass is 490 g/mol. The lowest BCUT2D eigenvalue weighted by molar-refractivity contribution is -0.139. The highest BCUT2D eigenvalue weighted by molar-refractivity contribution is 7.99. The number of thioether (sulfide) groups is 1. The van der Waals surface area contributed by atoms with Gasteiger partial charge >= 0.3 is 12.0 Å². The van der Waals surface area contributed by atoms with Gasteiger partial charge in [0.15, 0.2) is 5.82 Å². The fourth-order valence-corrected chi connectivity index (χ4v) is 4.83. The van der Waals surface area contributed by atoms with Crippen LogP contribution in [0.15, 0.2) is 58.2 Å². The Kier molecular flexibility index (Phi) is 6.68. The third-order valence-corrected chi connectivity index (χ3v) is 6.69. The van der Waals surface area contributed by atoms with E-state index in [2.05, 4.69) is 20.8 Å². The molecule has 3 heterocycles. The van der Waals surface area contributed by atoms with E-state index >= 15 is 0 Å². The van der Waals surface area contributed by atoms with Gasteiger partial charge in [0.05, 0.1) is 23.1 Å². The minimum absolute atomic E-state index is 0.200. The molecule has 0 bridgehead atoms. The third kappa shape index (κ3) is 4.59. The lowest BCUT2D eigenvalue weighted by atomic mass is 9.95. The van der Waals surface area contributed by atoms with Crippen LogP contribution in [0, 0.1) is 0 Å². The predicted molar refractivity (Wildman–Crippen MR) is 124 cm³/mol. The largest absolute Gasteiger partial charge is 0.463 e. The van der Waals surface area contributed by atoms with Crippen molar-refractivity contribution < 1.29 is 14.3 Å². The molecule has 1 atom stereocenters. The molecule has 12 heteroatoms. The van der Waals surface area contributed by atoms with Crippen molar-refractivity contribution in [3.05, 3.63) is 63.6 Å². The number of aromatic nitrogens is 3. The summed E-state index contributed by atoms with van der Waals surface area (Å²) in [5, 5.41) is 16.7. The molecule has 1 aliphatic heterocycles. The fourth-order valence-electron chi connectivity index (χ4n) is 3.17. The molecule has 0 radical (unpaired) electrons. The molecule has 0 fully saturated rings. The maximum absolute atomic E-state index is 12.8. The van der Waals surface area contributed by atoms with Crippen molar-refractivity contribution >= 4 is 46.7 Å². The van der Waals surface area contributed by atoms with E-state index in [1.54, 1.807) is 31.2 Å². The van der Waals surface area contributed by atoms with Gasteiger partial charge in [-0.1, -0.05) is 41.6 Å². The Balaban J connectivity index is 1.65. The summed E-state index contributed by atoms with van der Waals surface area (Å²) in [5.41, 5.74) is 1.43. The highest BCUT2D eigenvalue weighted by Crippen LogP contribution is 2.32. The molecule has 9 nitrogen and oxygen atoms in total. The topological polar surface area (TPSA) is 124 Å². The number of nitrogen functional groups attached to an aromatic ring is 1. The zero-order valence-corrected chi connectivity index (χ0v) is 19.3. The molecule has 0 aliphatic carbocycles. The van der Waals surface area contributed by atoms with Crippen LogP contribution in [-0.4, -0.2) is 39.2 Å². The van der Waals surface area contributed by atoms with E-state index in [0.717, 1.165) is 4.88 Å². The summed E-state index contributed by atoms with van der Waals surface area (Å²) in [6, 6.07) is 9.60. The van der Waals surface area contributed by atoms with Gasteiger partial charge in [0.2, 0.25) is 5.16 Å². The molecular weight excluding hydrogens is 472 g/mol. The summed E-state index contributed by atoms with van der Waals surface area (Å²) in [5.74, 6) is 6.41. The molecular formula is C20H19ClN6O3S2. The maximum atomic E-state index is 12.8. The quantitative estimate of drug-likeness (QED) is 0.263. The number of carbonyl (C=O) groups excluding carboxylic acids is 2. The molecule has 1 unspecified atom stereocenters. The first-order valence-corrected chi connectivity index (χ1v) is 11.8. The lowest BCUT2D eigenvalue weighted by Gasteiger charge is -2.29. The average molecular weight is 491 g/mol. The summed E-state index contributed by atoms with van der Waals surface area (Å²) >= 11 is 8.75. The van der Waals surface area contributed by atoms with Crippen molar-refractivity contribution in [1.29, 1.82) is 0 Å². The highest BCUT2D eigenvalue weighted by Gasteiger charge is 2.34. The van der Waals surface area contributed by atoms with E-state index in [4.69, 9.17) is 22.2 Å². The van der Waals surface area contributed by atoms with Gasteiger partial charge in [-0.3, -0.25) is 0 Å². The number of nitrogens with one attached hydrogen (secondary N) is 2. The van der Waals surface area contributed by atoms with Crippen LogP contribution in [0.4, 0.5) is 4.79 Å². The van der Waals surface area contributed by atoms with Crippen LogP contribution in [0.3, 0.4) is 0 Å². The van der Waals surface area contributed by atoms with E-state index < -0.39 is 18.0 Å². The van der Waals surface area contributed by atoms with Gasteiger partial charge in [-0.05, 0) is 36.1 Å². The zero-order chi connectivity index (χ0) is 22.7. The number of thiophene rings is 1. The second-order valence-corrected chi connectivity index (χ2v) is 8.96. The third-order valence-electron chi connectivity index (χ3n) is 4.60. The number of halogens is 1. The van der Waals surface area contributed by atoms with E-state index in [9.17, 15) is 9.59 Å². The summed E-state index contributed by atoms with van der Waals surface area (Å²) < 4.78 is 6.66. The normalized spacial score (nSPS) is 15.9. The van der Waals surface area contributed by atoms with Crippen LogP contribution in [-0.2, 0) is 9.53 Å². The molecule has 0 saturated heterocycles. The number of nitrogens with zero attached hydrogens (tertiary/aromatic N) is 3. The Labute approximate surface area is 197 Å². The van der Waals surface area contributed by atoms with Crippen LogP contribution in [0.5, 0.6) is 0 Å². The van der Waals surface area contributed by atoms with Crippen LogP contribution in [0.25, 0.3) is 10.7 Å². The zero-order valence-electron chi connectivity index (χ0n) is 16.9. The molecule has 0 saturated carbocycles. The fraction of sp³-hybridized carbons (Fsp3) is 0.200. The van der Waals surface area contributed by atoms with E-state index in [-0.39, 0.29) is 12.4 Å². The van der Waals surface area contributed by atoms with Gasteiger partial charge in [0.1, 0.15) is 0 Å². The number of carbonyl (C=O) groups is 2. The number of hydrogen-bond donors (Lipinski definition) is 3. The minimum atomic E-state index is -0.687. The number of rotatable bonds is 7. The Bertz CT molecular complexity index is 1160. The number of hydrogen-bond acceptors (Lipinski definition) is 8. The highest BCUT2D eigenvalue weighted by atomic mass is 35.5. The number of nitrogens with two attached hydrogens (primary N) is 1. The van der Waals surface area contributed by atoms with Crippen LogP contribution in [0.1, 0.15) is 18.5 Å².